The van der Waals surface area contributed by atoms with Crippen molar-refractivity contribution in [3.63, 3.8) is 0 Å². The van der Waals surface area contributed by atoms with Crippen LogP contribution in [0.3, 0.4) is 0 Å². The number of ether oxygens (including phenoxy) is 1. The number of halogens is 2. The number of anilines is 1. The largest absolute Gasteiger partial charge is 0.496 e. The summed E-state index contributed by atoms with van der Waals surface area (Å²) in [6.07, 6.45) is 0. The van der Waals surface area contributed by atoms with Crippen LogP contribution < -0.4 is 9.46 Å². The summed E-state index contributed by atoms with van der Waals surface area (Å²) < 4.78 is 45.8. The molecule has 9 heteroatoms. The SMILES string of the molecule is COc1ccc(S(=O)(=O)Nc2cccc(F)c2C(=O)O)cc1Br. The molecule has 0 aliphatic rings. The summed E-state index contributed by atoms with van der Waals surface area (Å²) >= 11 is 3.16. The number of aromatic carboxylic acids is 1. The van der Waals surface area contributed by atoms with Gasteiger partial charge in [-0.15, -0.1) is 0 Å². The summed E-state index contributed by atoms with van der Waals surface area (Å²) in [6, 6.07) is 7.33. The fraction of sp³-hybridized carbons (Fsp3) is 0.0714. The van der Waals surface area contributed by atoms with E-state index in [-0.39, 0.29) is 10.6 Å². The fourth-order valence-electron chi connectivity index (χ4n) is 1.84. The predicted octanol–water partition coefficient (Wildman–Crippen LogP) is 3.10. The lowest BCUT2D eigenvalue weighted by Gasteiger charge is -2.12. The normalized spacial score (nSPS) is 11.1. The fourth-order valence-corrected chi connectivity index (χ4v) is 3.63. The van der Waals surface area contributed by atoms with E-state index in [0.717, 1.165) is 6.07 Å². The first-order valence-corrected chi connectivity index (χ1v) is 8.42. The van der Waals surface area contributed by atoms with Gasteiger partial charge < -0.3 is 9.84 Å². The molecule has 0 aliphatic heterocycles. The molecule has 0 heterocycles. The van der Waals surface area contributed by atoms with E-state index in [0.29, 0.717) is 10.2 Å². The van der Waals surface area contributed by atoms with Gasteiger partial charge in [0.2, 0.25) is 0 Å². The minimum absolute atomic E-state index is 0.134. The van der Waals surface area contributed by atoms with Gasteiger partial charge in [0.05, 0.1) is 22.2 Å². The first-order valence-electron chi connectivity index (χ1n) is 6.14. The molecule has 0 radical (unpaired) electrons. The van der Waals surface area contributed by atoms with Gasteiger partial charge in [0, 0.05) is 0 Å². The number of carboxylic acid groups (broad SMARTS) is 1. The molecule has 0 spiro atoms. The molecule has 0 fully saturated rings. The van der Waals surface area contributed by atoms with Crippen molar-refractivity contribution in [3.8, 4) is 5.75 Å². The molecule has 0 saturated heterocycles. The molecule has 0 aliphatic carbocycles. The average molecular weight is 404 g/mol. The van der Waals surface area contributed by atoms with E-state index in [1.165, 1.54) is 37.4 Å². The highest BCUT2D eigenvalue weighted by molar-refractivity contribution is 9.10. The Bertz CT molecular complexity index is 869. The van der Waals surface area contributed by atoms with Crippen molar-refractivity contribution in [2.24, 2.45) is 0 Å². The minimum Gasteiger partial charge on any atom is -0.496 e. The van der Waals surface area contributed by atoms with Crippen LogP contribution >= 0.6 is 15.9 Å². The number of hydrogen-bond donors (Lipinski definition) is 2. The van der Waals surface area contributed by atoms with Gasteiger partial charge >= 0.3 is 5.97 Å². The molecule has 0 bridgehead atoms. The Morgan fingerprint density at radius 1 is 1.30 bits per heavy atom. The minimum atomic E-state index is -4.10. The second-order valence-corrected chi connectivity index (χ2v) is 6.91. The van der Waals surface area contributed by atoms with Gasteiger partial charge in [-0.2, -0.15) is 0 Å². The van der Waals surface area contributed by atoms with Gasteiger partial charge in [-0.1, -0.05) is 6.07 Å². The molecule has 2 N–H and O–H groups in total. The maximum Gasteiger partial charge on any atom is 0.340 e. The van der Waals surface area contributed by atoms with Gasteiger partial charge in [0.15, 0.2) is 0 Å². The standard InChI is InChI=1S/C14H11BrFNO5S/c1-22-12-6-5-8(7-9(12)15)23(20,21)17-11-4-2-3-10(16)13(11)14(18)19/h2-7,17H,1H3,(H,18,19). The van der Waals surface area contributed by atoms with Crippen LogP contribution in [-0.2, 0) is 10.0 Å². The summed E-state index contributed by atoms with van der Waals surface area (Å²) in [5.41, 5.74) is -1.10. The molecule has 122 valence electrons. The summed E-state index contributed by atoms with van der Waals surface area (Å²) in [5, 5.41) is 9.03. The predicted molar refractivity (Wildman–Crippen MR) is 84.9 cm³/mol. The van der Waals surface area contributed by atoms with E-state index in [1.807, 2.05) is 0 Å². The van der Waals surface area contributed by atoms with Gasteiger partial charge in [0.25, 0.3) is 10.0 Å². The Hall–Kier alpha value is -2.13. The number of sulfonamides is 1. The first kappa shape index (κ1) is 17.2. The maximum atomic E-state index is 13.6. The zero-order valence-electron chi connectivity index (χ0n) is 11.7. The van der Waals surface area contributed by atoms with E-state index in [1.54, 1.807) is 0 Å². The molecular formula is C14H11BrFNO5S. The second kappa shape index (κ2) is 6.55. The van der Waals surface area contributed by atoms with Crippen LogP contribution in [0, 0.1) is 5.82 Å². The van der Waals surface area contributed by atoms with Crippen LogP contribution in [0.4, 0.5) is 10.1 Å². The lowest BCUT2D eigenvalue weighted by molar-refractivity contribution is 0.0693. The monoisotopic (exact) mass is 403 g/mol. The third kappa shape index (κ3) is 3.62. The van der Waals surface area contributed by atoms with Gasteiger partial charge in [-0.25, -0.2) is 17.6 Å². The highest BCUT2D eigenvalue weighted by Gasteiger charge is 2.22. The molecule has 2 aromatic carbocycles. The Morgan fingerprint density at radius 3 is 2.57 bits per heavy atom. The summed E-state index contributed by atoms with van der Waals surface area (Å²) in [7, 11) is -2.67. The molecular weight excluding hydrogens is 393 g/mol. The van der Waals surface area contributed by atoms with Crippen LogP contribution in [0.25, 0.3) is 0 Å². The van der Waals surface area contributed by atoms with E-state index < -0.39 is 27.4 Å². The van der Waals surface area contributed by atoms with Crippen molar-refractivity contribution >= 4 is 37.6 Å². The highest BCUT2D eigenvalue weighted by atomic mass is 79.9. The van der Waals surface area contributed by atoms with Crippen LogP contribution in [0.1, 0.15) is 10.4 Å². The van der Waals surface area contributed by atoms with Crippen LogP contribution in [-0.4, -0.2) is 26.6 Å². The van der Waals surface area contributed by atoms with Gasteiger partial charge in [-0.05, 0) is 46.3 Å². The van der Waals surface area contributed by atoms with Crippen molar-refractivity contribution in [2.45, 2.75) is 4.90 Å². The number of carboxylic acids is 1. The van der Waals surface area contributed by atoms with Crippen molar-refractivity contribution in [2.75, 3.05) is 11.8 Å². The van der Waals surface area contributed by atoms with Crippen molar-refractivity contribution in [3.05, 3.63) is 52.3 Å². The summed E-state index contributed by atoms with van der Waals surface area (Å²) in [4.78, 5) is 11.0. The zero-order chi connectivity index (χ0) is 17.2. The third-order valence-electron chi connectivity index (χ3n) is 2.91. The lowest BCUT2D eigenvalue weighted by atomic mass is 10.2. The average Bonchev–Trinajstić information content (AvgIpc) is 2.46. The molecule has 2 aromatic rings. The van der Waals surface area contributed by atoms with Gasteiger partial charge in [-0.3, -0.25) is 4.72 Å². The molecule has 0 unspecified atom stereocenters. The first-order chi connectivity index (χ1) is 10.8. The van der Waals surface area contributed by atoms with Crippen LogP contribution in [0.15, 0.2) is 45.8 Å². The number of rotatable bonds is 5. The molecule has 6 nitrogen and oxygen atoms in total. The second-order valence-electron chi connectivity index (χ2n) is 4.37. The quantitative estimate of drug-likeness (QED) is 0.799. The summed E-state index contributed by atoms with van der Waals surface area (Å²) in [5.74, 6) is -2.17. The number of hydrogen-bond acceptors (Lipinski definition) is 4. The van der Waals surface area contributed by atoms with Crippen molar-refractivity contribution in [1.82, 2.24) is 0 Å². The number of methoxy groups -OCH3 is 1. The van der Waals surface area contributed by atoms with Crippen molar-refractivity contribution in [1.29, 1.82) is 0 Å². The molecule has 0 atom stereocenters. The Balaban J connectivity index is 2.45. The molecule has 0 saturated carbocycles. The van der Waals surface area contributed by atoms with E-state index >= 15 is 0 Å². The van der Waals surface area contributed by atoms with Gasteiger partial charge in [0.1, 0.15) is 17.1 Å². The van der Waals surface area contributed by atoms with Crippen LogP contribution in [0.2, 0.25) is 0 Å². The lowest BCUT2D eigenvalue weighted by Crippen LogP contribution is -2.16. The summed E-state index contributed by atoms with van der Waals surface area (Å²) in [6.45, 7) is 0. The molecule has 0 aromatic heterocycles. The molecule has 2 rings (SSSR count). The van der Waals surface area contributed by atoms with E-state index in [9.17, 15) is 17.6 Å². The smallest absolute Gasteiger partial charge is 0.340 e. The molecule has 23 heavy (non-hydrogen) atoms. The highest BCUT2D eigenvalue weighted by Crippen LogP contribution is 2.29. The number of nitrogens with one attached hydrogen (secondary N) is 1. The van der Waals surface area contributed by atoms with E-state index in [2.05, 4.69) is 20.7 Å². The third-order valence-corrected chi connectivity index (χ3v) is 4.89. The van der Waals surface area contributed by atoms with E-state index in [4.69, 9.17) is 9.84 Å². The topological polar surface area (TPSA) is 92.7 Å². The maximum absolute atomic E-state index is 13.6. The van der Waals surface area contributed by atoms with Crippen LogP contribution in [0.5, 0.6) is 5.75 Å². The Labute approximate surface area is 140 Å². The Morgan fingerprint density at radius 2 is 2.00 bits per heavy atom. The zero-order valence-corrected chi connectivity index (χ0v) is 14.1. The molecule has 0 amide bonds. The number of carbonyl (C=O) groups is 1. The number of benzene rings is 2. The Kier molecular flexibility index (Phi) is 4.90. The van der Waals surface area contributed by atoms with Crippen molar-refractivity contribution < 1.29 is 27.4 Å².